The zero-order valence-electron chi connectivity index (χ0n) is 28.6. The first-order chi connectivity index (χ1) is 23.0. The van der Waals surface area contributed by atoms with Gasteiger partial charge in [-0.3, -0.25) is 14.6 Å². The van der Waals surface area contributed by atoms with Crippen molar-refractivity contribution in [3.05, 3.63) is 83.2 Å². The van der Waals surface area contributed by atoms with Crippen molar-refractivity contribution in [2.75, 3.05) is 59.7 Å². The van der Waals surface area contributed by atoms with Crippen LogP contribution in [0.15, 0.2) is 60.7 Å². The quantitative estimate of drug-likeness (QED) is 0.290. The predicted octanol–water partition coefficient (Wildman–Crippen LogP) is 4.94. The lowest BCUT2D eigenvalue weighted by Gasteiger charge is -2.54. The Labute approximate surface area is 302 Å². The van der Waals surface area contributed by atoms with Crippen LogP contribution in [0.25, 0.3) is 0 Å². The minimum atomic E-state index is -0.533. The van der Waals surface area contributed by atoms with Gasteiger partial charge in [-0.15, -0.1) is 24.8 Å². The summed E-state index contributed by atoms with van der Waals surface area (Å²) >= 11 is 0. The number of hydrogen-bond donors (Lipinski definition) is 0. The number of methoxy groups -OCH3 is 1. The Morgan fingerprint density at radius 3 is 2.16 bits per heavy atom. The van der Waals surface area contributed by atoms with E-state index in [4.69, 9.17) is 28.9 Å². The van der Waals surface area contributed by atoms with Crippen molar-refractivity contribution >= 4 is 30.7 Å². The molecule has 0 bridgehead atoms. The molecule has 1 aromatic heterocycles. The molecule has 4 heterocycles. The van der Waals surface area contributed by atoms with Crippen molar-refractivity contribution in [3.8, 4) is 11.8 Å². The molecule has 1 amide bonds. The maximum Gasteiger partial charge on any atom is 0.254 e. The largest absolute Gasteiger partial charge is 0.481 e. The van der Waals surface area contributed by atoms with Crippen LogP contribution in [0.5, 0.6) is 11.8 Å². The maximum absolute atomic E-state index is 13.6. The van der Waals surface area contributed by atoms with Crippen molar-refractivity contribution in [3.63, 3.8) is 0 Å². The molecule has 7 rings (SSSR count). The lowest BCUT2D eigenvalue weighted by Crippen LogP contribution is -2.68. The van der Waals surface area contributed by atoms with Gasteiger partial charge >= 0.3 is 0 Å². The molecule has 12 heteroatoms. The lowest BCUT2D eigenvalue weighted by molar-refractivity contribution is -0.162. The van der Waals surface area contributed by atoms with Crippen molar-refractivity contribution in [1.82, 2.24) is 24.7 Å². The molecule has 4 fully saturated rings. The van der Waals surface area contributed by atoms with E-state index in [0.29, 0.717) is 57.1 Å². The van der Waals surface area contributed by atoms with Gasteiger partial charge in [0.2, 0.25) is 11.8 Å². The van der Waals surface area contributed by atoms with E-state index in [1.54, 1.807) is 7.11 Å². The van der Waals surface area contributed by atoms with Crippen LogP contribution in [0.1, 0.15) is 61.0 Å². The van der Waals surface area contributed by atoms with Crippen LogP contribution < -0.4 is 9.47 Å². The second kappa shape index (κ2) is 16.8. The first-order valence-electron chi connectivity index (χ1n) is 17.2. The maximum atomic E-state index is 13.6. The van der Waals surface area contributed by atoms with Crippen molar-refractivity contribution in [2.24, 2.45) is 0 Å². The highest BCUT2D eigenvalue weighted by Gasteiger charge is 2.44. The summed E-state index contributed by atoms with van der Waals surface area (Å²) in [4.78, 5) is 30.6. The molecular weight excluding hydrogens is 665 g/mol. The Morgan fingerprint density at radius 1 is 0.898 bits per heavy atom. The number of piperazine rings is 2. The van der Waals surface area contributed by atoms with E-state index in [1.165, 1.54) is 11.1 Å². The minimum absolute atomic E-state index is 0. The van der Waals surface area contributed by atoms with Gasteiger partial charge in [0, 0.05) is 63.2 Å². The van der Waals surface area contributed by atoms with Gasteiger partial charge in [-0.2, -0.15) is 9.97 Å². The Balaban J connectivity index is 0.00000234. The van der Waals surface area contributed by atoms with Gasteiger partial charge in [0.15, 0.2) is 6.10 Å². The van der Waals surface area contributed by atoms with Gasteiger partial charge in [-0.1, -0.05) is 60.7 Å². The van der Waals surface area contributed by atoms with E-state index in [2.05, 4.69) is 70.5 Å². The normalized spacial score (nSPS) is 23.0. The summed E-state index contributed by atoms with van der Waals surface area (Å²) in [5, 5.41) is 0. The average molecular weight is 715 g/mol. The number of amides is 1. The van der Waals surface area contributed by atoms with Crippen LogP contribution >= 0.6 is 24.8 Å². The van der Waals surface area contributed by atoms with Crippen LogP contribution in [0.2, 0.25) is 0 Å². The number of halogens is 2. The van der Waals surface area contributed by atoms with Gasteiger partial charge in [0.1, 0.15) is 5.82 Å². The third-order valence-electron chi connectivity index (χ3n) is 9.79. The predicted molar refractivity (Wildman–Crippen MR) is 192 cm³/mol. The standard InChI is InChI=1S/C37H47N5O5.2ClH/c1-25(2)47-36-30(35(44-3)38-34(39-36)28-14-15-28)22-40-20-29-21-41(37(43)32-24-45-18-19-46-32)16-17-42(29)31(23-40)33(26-10-6-4-7-11-26)27-12-8-5-9-13-27;;/h4-13,25,28-29,31-33H,14-24H2,1-3H3;2*1H. The smallest absolute Gasteiger partial charge is 0.254 e. The van der Waals surface area contributed by atoms with E-state index < -0.39 is 6.10 Å². The summed E-state index contributed by atoms with van der Waals surface area (Å²) in [6.07, 6.45) is 1.63. The molecule has 2 aromatic carbocycles. The molecule has 4 aliphatic rings. The Bertz CT molecular complexity index is 1470. The minimum Gasteiger partial charge on any atom is -0.481 e. The molecule has 10 nitrogen and oxygen atoms in total. The lowest BCUT2D eigenvalue weighted by atomic mass is 9.81. The fourth-order valence-electron chi connectivity index (χ4n) is 7.46. The average Bonchev–Trinajstić information content (AvgIpc) is 3.96. The van der Waals surface area contributed by atoms with Crippen LogP contribution in [-0.4, -0.2) is 115 Å². The Hall–Kier alpha value is -2.99. The second-order valence-corrected chi connectivity index (χ2v) is 13.5. The zero-order valence-corrected chi connectivity index (χ0v) is 30.2. The Kier molecular flexibility index (Phi) is 12.8. The summed E-state index contributed by atoms with van der Waals surface area (Å²) in [6.45, 7) is 9.66. The number of nitrogens with zero attached hydrogens (tertiary/aromatic N) is 5. The second-order valence-electron chi connectivity index (χ2n) is 13.5. The van der Waals surface area contributed by atoms with Crippen LogP contribution in [0, 0.1) is 0 Å². The van der Waals surface area contributed by atoms with Crippen molar-refractivity contribution < 1.29 is 23.7 Å². The monoisotopic (exact) mass is 713 g/mol. The van der Waals surface area contributed by atoms with Crippen LogP contribution in [-0.2, 0) is 20.8 Å². The van der Waals surface area contributed by atoms with E-state index in [0.717, 1.165) is 43.9 Å². The zero-order chi connectivity index (χ0) is 32.3. The van der Waals surface area contributed by atoms with Crippen molar-refractivity contribution in [1.29, 1.82) is 0 Å². The van der Waals surface area contributed by atoms with E-state index in [-0.39, 0.29) is 54.8 Å². The van der Waals surface area contributed by atoms with E-state index in [1.807, 2.05) is 18.7 Å². The number of benzene rings is 2. The number of carbonyl (C=O) groups excluding carboxylic acids is 1. The number of carbonyl (C=O) groups is 1. The summed E-state index contributed by atoms with van der Waals surface area (Å²) in [5.74, 6) is 2.56. The van der Waals surface area contributed by atoms with Gasteiger partial charge < -0.3 is 23.8 Å². The molecule has 1 aliphatic carbocycles. The first kappa shape index (κ1) is 37.3. The molecule has 3 unspecified atom stereocenters. The number of aromatic nitrogens is 2. The van der Waals surface area contributed by atoms with Crippen LogP contribution in [0.3, 0.4) is 0 Å². The highest BCUT2D eigenvalue weighted by molar-refractivity contribution is 5.85. The molecule has 0 spiro atoms. The molecule has 3 saturated heterocycles. The van der Waals surface area contributed by atoms with Gasteiger partial charge in [-0.25, -0.2) is 0 Å². The highest BCUT2D eigenvalue weighted by atomic mass is 35.5. The SMILES string of the molecule is COc1nc(C2CC2)nc(OC(C)C)c1CN1CC2CN(C(=O)C3COCCO3)CCN2C(C(c2ccccc2)c2ccccc2)C1.Cl.Cl. The third-order valence-corrected chi connectivity index (χ3v) is 9.79. The number of ether oxygens (including phenoxy) is 4. The molecule has 49 heavy (non-hydrogen) atoms. The molecular formula is C37H49Cl2N5O5. The first-order valence-corrected chi connectivity index (χ1v) is 17.2. The molecule has 1 saturated carbocycles. The fraction of sp³-hybridized carbons (Fsp3) is 0.541. The number of fused-ring (bicyclic) bond motifs is 1. The molecule has 3 aliphatic heterocycles. The number of rotatable bonds is 10. The van der Waals surface area contributed by atoms with Crippen LogP contribution in [0.4, 0.5) is 0 Å². The Morgan fingerprint density at radius 2 is 1.57 bits per heavy atom. The van der Waals surface area contributed by atoms with Crippen molar-refractivity contribution in [2.45, 2.75) is 69.4 Å². The van der Waals surface area contributed by atoms with E-state index in [9.17, 15) is 4.79 Å². The van der Waals surface area contributed by atoms with E-state index >= 15 is 0 Å². The molecule has 0 N–H and O–H groups in total. The molecule has 3 atom stereocenters. The highest BCUT2D eigenvalue weighted by Crippen LogP contribution is 2.42. The number of hydrogen-bond acceptors (Lipinski definition) is 9. The topological polar surface area (TPSA) is 89.5 Å². The molecule has 3 aromatic rings. The van der Waals surface area contributed by atoms with Gasteiger partial charge in [0.25, 0.3) is 5.91 Å². The molecule has 0 radical (unpaired) electrons. The summed E-state index contributed by atoms with van der Waals surface area (Å²) in [7, 11) is 1.69. The molecule has 266 valence electrons. The fourth-order valence-corrected chi connectivity index (χ4v) is 7.46. The summed E-state index contributed by atoms with van der Waals surface area (Å²) in [5.41, 5.74) is 3.45. The van der Waals surface area contributed by atoms with Gasteiger partial charge in [-0.05, 0) is 37.8 Å². The third kappa shape index (κ3) is 8.49. The summed E-state index contributed by atoms with van der Waals surface area (Å²) in [6, 6.07) is 21.9. The summed E-state index contributed by atoms with van der Waals surface area (Å²) < 4.78 is 23.7. The van der Waals surface area contributed by atoms with Gasteiger partial charge in [0.05, 0.1) is 38.6 Å².